The first-order valence-electron chi connectivity index (χ1n) is 9.62. The van der Waals surface area contributed by atoms with Crippen molar-refractivity contribution in [3.8, 4) is 5.75 Å². The third kappa shape index (κ3) is 5.23. The Labute approximate surface area is 200 Å². The van der Waals surface area contributed by atoms with Crippen molar-refractivity contribution < 1.29 is 22.8 Å². The van der Waals surface area contributed by atoms with E-state index in [-0.39, 0.29) is 23.9 Å². The Bertz CT molecular complexity index is 1320. The Morgan fingerprint density at radius 2 is 2.06 bits per heavy atom. The molecule has 2 heterocycles. The molecule has 2 aromatic heterocycles. The Hall–Kier alpha value is -3.24. The predicted molar refractivity (Wildman–Crippen MR) is 120 cm³/mol. The van der Waals surface area contributed by atoms with Crippen LogP contribution >= 0.6 is 27.5 Å². The number of hydrogen-bond acceptors (Lipinski definition) is 5. The SMILES string of the molecule is Cc1onc(C(=O)Nc2nn(Cc3ccccc3Cl)cc2Br)c1COc1ccc(F)cc1F. The van der Waals surface area contributed by atoms with E-state index >= 15 is 0 Å². The van der Waals surface area contributed by atoms with Gasteiger partial charge >= 0.3 is 0 Å². The zero-order chi connectivity index (χ0) is 23.5. The van der Waals surface area contributed by atoms with E-state index < -0.39 is 17.5 Å². The third-order valence-corrected chi connectivity index (χ3v) is 5.65. The van der Waals surface area contributed by atoms with Gasteiger partial charge in [0.15, 0.2) is 23.1 Å². The van der Waals surface area contributed by atoms with Crippen molar-refractivity contribution in [2.24, 2.45) is 0 Å². The van der Waals surface area contributed by atoms with Gasteiger partial charge in [0.25, 0.3) is 5.91 Å². The van der Waals surface area contributed by atoms with Crippen LogP contribution in [0.5, 0.6) is 5.75 Å². The van der Waals surface area contributed by atoms with Crippen molar-refractivity contribution >= 4 is 39.3 Å². The van der Waals surface area contributed by atoms with Crippen molar-refractivity contribution in [1.29, 1.82) is 0 Å². The minimum atomic E-state index is -0.858. The molecule has 1 amide bonds. The molecule has 0 saturated carbocycles. The molecule has 0 spiro atoms. The largest absolute Gasteiger partial charge is 0.486 e. The number of rotatable bonds is 7. The average molecular weight is 538 g/mol. The lowest BCUT2D eigenvalue weighted by atomic mass is 10.2. The lowest BCUT2D eigenvalue weighted by Crippen LogP contribution is -2.16. The van der Waals surface area contributed by atoms with E-state index in [9.17, 15) is 13.6 Å². The first-order valence-corrected chi connectivity index (χ1v) is 10.8. The van der Waals surface area contributed by atoms with Crippen LogP contribution in [0.25, 0.3) is 0 Å². The van der Waals surface area contributed by atoms with Gasteiger partial charge < -0.3 is 14.6 Å². The average Bonchev–Trinajstić information content (AvgIpc) is 3.31. The number of aryl methyl sites for hydroxylation is 1. The smallest absolute Gasteiger partial charge is 0.279 e. The van der Waals surface area contributed by atoms with Gasteiger partial charge in [0.1, 0.15) is 18.2 Å². The van der Waals surface area contributed by atoms with Crippen LogP contribution in [0.2, 0.25) is 5.02 Å². The van der Waals surface area contributed by atoms with E-state index in [0.717, 1.165) is 17.7 Å². The molecule has 0 bridgehead atoms. The first kappa shape index (κ1) is 22.9. The highest BCUT2D eigenvalue weighted by Gasteiger charge is 2.23. The number of amides is 1. The molecule has 2 aromatic carbocycles. The molecule has 11 heteroatoms. The molecular weight excluding hydrogens is 522 g/mol. The number of ether oxygens (including phenoxy) is 1. The molecule has 4 rings (SSSR count). The van der Waals surface area contributed by atoms with Gasteiger partial charge in [0.05, 0.1) is 16.6 Å². The molecular formula is C22H16BrClF2N4O3. The van der Waals surface area contributed by atoms with Crippen LogP contribution in [-0.4, -0.2) is 20.8 Å². The Morgan fingerprint density at radius 1 is 1.27 bits per heavy atom. The molecule has 4 aromatic rings. The molecule has 1 N–H and O–H groups in total. The minimum Gasteiger partial charge on any atom is -0.486 e. The summed E-state index contributed by atoms with van der Waals surface area (Å²) in [7, 11) is 0. The van der Waals surface area contributed by atoms with Crippen LogP contribution < -0.4 is 10.1 Å². The fourth-order valence-corrected chi connectivity index (χ4v) is 3.62. The highest BCUT2D eigenvalue weighted by atomic mass is 79.9. The molecule has 0 fully saturated rings. The maximum Gasteiger partial charge on any atom is 0.279 e. The lowest BCUT2D eigenvalue weighted by molar-refractivity contribution is 0.101. The molecule has 0 saturated heterocycles. The monoisotopic (exact) mass is 536 g/mol. The van der Waals surface area contributed by atoms with E-state index in [1.165, 1.54) is 0 Å². The first-order chi connectivity index (χ1) is 15.8. The fraction of sp³-hybridized carbons (Fsp3) is 0.136. The molecule has 0 aliphatic rings. The van der Waals surface area contributed by atoms with Crippen molar-refractivity contribution in [2.45, 2.75) is 20.1 Å². The third-order valence-electron chi connectivity index (χ3n) is 4.70. The number of anilines is 1. The summed E-state index contributed by atoms with van der Waals surface area (Å²) in [6.07, 6.45) is 1.70. The highest BCUT2D eigenvalue weighted by molar-refractivity contribution is 9.10. The van der Waals surface area contributed by atoms with Crippen LogP contribution in [0.4, 0.5) is 14.6 Å². The van der Waals surface area contributed by atoms with Crippen molar-refractivity contribution in [1.82, 2.24) is 14.9 Å². The van der Waals surface area contributed by atoms with Crippen molar-refractivity contribution in [2.75, 3.05) is 5.32 Å². The summed E-state index contributed by atoms with van der Waals surface area (Å²) in [5, 5.41) is 11.4. The van der Waals surface area contributed by atoms with Crippen molar-refractivity contribution in [3.63, 3.8) is 0 Å². The molecule has 33 heavy (non-hydrogen) atoms. The minimum absolute atomic E-state index is 0.0393. The maximum absolute atomic E-state index is 13.8. The molecule has 0 radical (unpaired) electrons. The summed E-state index contributed by atoms with van der Waals surface area (Å²) in [6, 6.07) is 10.3. The Morgan fingerprint density at radius 3 is 2.82 bits per heavy atom. The summed E-state index contributed by atoms with van der Waals surface area (Å²) in [6.45, 7) is 1.79. The van der Waals surface area contributed by atoms with Gasteiger partial charge in [-0.15, -0.1) is 0 Å². The summed E-state index contributed by atoms with van der Waals surface area (Å²) >= 11 is 9.58. The second kappa shape index (κ2) is 9.72. The number of nitrogens with one attached hydrogen (secondary N) is 1. The van der Waals surface area contributed by atoms with E-state index in [1.54, 1.807) is 23.9 Å². The zero-order valence-electron chi connectivity index (χ0n) is 17.1. The quantitative estimate of drug-likeness (QED) is 0.324. The number of carbonyl (C=O) groups excluding carboxylic acids is 1. The fourth-order valence-electron chi connectivity index (χ4n) is 3.01. The van der Waals surface area contributed by atoms with E-state index in [2.05, 4.69) is 31.5 Å². The van der Waals surface area contributed by atoms with Crippen LogP contribution in [-0.2, 0) is 13.2 Å². The molecule has 0 unspecified atom stereocenters. The van der Waals surface area contributed by atoms with Crippen molar-refractivity contribution in [3.05, 3.63) is 92.4 Å². The van der Waals surface area contributed by atoms with Crippen LogP contribution in [0.1, 0.15) is 27.4 Å². The van der Waals surface area contributed by atoms with Gasteiger partial charge in [0, 0.05) is 17.3 Å². The van der Waals surface area contributed by atoms with E-state index in [0.29, 0.717) is 33.4 Å². The standard InChI is InChI=1S/C22H16BrClF2N4O3/c1-12-15(11-32-19-7-6-14(25)8-18(19)26)20(29-33-12)22(31)27-21-16(23)10-30(28-21)9-13-4-2-3-5-17(13)24/h2-8,10H,9,11H2,1H3,(H,27,28,31). The van der Waals surface area contributed by atoms with Gasteiger partial charge in [-0.25, -0.2) is 8.78 Å². The molecule has 0 aliphatic carbocycles. The highest BCUT2D eigenvalue weighted by Crippen LogP contribution is 2.25. The Kier molecular flexibility index (Phi) is 6.75. The van der Waals surface area contributed by atoms with Gasteiger partial charge in [-0.1, -0.05) is 35.0 Å². The molecule has 7 nitrogen and oxygen atoms in total. The number of hydrogen-bond donors (Lipinski definition) is 1. The van der Waals surface area contributed by atoms with Crippen LogP contribution in [0.3, 0.4) is 0 Å². The molecule has 0 atom stereocenters. The number of nitrogens with zero attached hydrogens (tertiary/aromatic N) is 3. The predicted octanol–water partition coefficient (Wildman–Crippen LogP) is 5.75. The van der Waals surface area contributed by atoms with Crippen LogP contribution in [0, 0.1) is 18.6 Å². The van der Waals surface area contributed by atoms with Gasteiger partial charge in [-0.05, 0) is 46.6 Å². The Balaban J connectivity index is 1.48. The van der Waals surface area contributed by atoms with Gasteiger partial charge in [0.2, 0.25) is 0 Å². The second-order valence-corrected chi connectivity index (χ2v) is 8.26. The normalized spacial score (nSPS) is 10.9. The number of carbonyl (C=O) groups is 1. The second-order valence-electron chi connectivity index (χ2n) is 7.00. The van der Waals surface area contributed by atoms with Gasteiger partial charge in [-0.2, -0.15) is 5.10 Å². The maximum atomic E-state index is 13.8. The number of benzene rings is 2. The number of aromatic nitrogens is 3. The number of halogens is 4. The van der Waals surface area contributed by atoms with Crippen LogP contribution in [0.15, 0.2) is 57.7 Å². The van der Waals surface area contributed by atoms with Gasteiger partial charge in [-0.3, -0.25) is 9.48 Å². The van der Waals surface area contributed by atoms with E-state index in [4.69, 9.17) is 20.9 Å². The zero-order valence-corrected chi connectivity index (χ0v) is 19.5. The summed E-state index contributed by atoms with van der Waals surface area (Å²) in [5.41, 5.74) is 1.15. The summed E-state index contributed by atoms with van der Waals surface area (Å²) in [4.78, 5) is 12.8. The molecule has 170 valence electrons. The molecule has 0 aliphatic heterocycles. The topological polar surface area (TPSA) is 82.2 Å². The lowest BCUT2D eigenvalue weighted by Gasteiger charge is -2.08. The van der Waals surface area contributed by atoms with E-state index in [1.807, 2.05) is 18.2 Å². The summed E-state index contributed by atoms with van der Waals surface area (Å²) in [5.74, 6) is -1.74. The summed E-state index contributed by atoms with van der Waals surface area (Å²) < 4.78 is 39.6.